The molecule has 0 atom stereocenters. The summed E-state index contributed by atoms with van der Waals surface area (Å²) >= 11 is 1.31. The topological polar surface area (TPSA) is 51.1 Å². The minimum absolute atomic E-state index is 0.0214. The van der Waals surface area contributed by atoms with Gasteiger partial charge in [0.05, 0.1) is 17.2 Å². The van der Waals surface area contributed by atoms with Crippen molar-refractivity contribution >= 4 is 28.0 Å². The predicted molar refractivity (Wildman–Crippen MR) is 117 cm³/mol. The number of benzene rings is 1. The number of thiazole rings is 1. The number of ether oxygens (including phenoxy) is 1. The zero-order chi connectivity index (χ0) is 21.6. The summed E-state index contributed by atoms with van der Waals surface area (Å²) in [5.41, 5.74) is 1.37. The Bertz CT molecular complexity index is 954. The van der Waals surface area contributed by atoms with Crippen LogP contribution in [0.5, 0.6) is 0 Å². The van der Waals surface area contributed by atoms with Crippen LogP contribution in [0.25, 0.3) is 26.5 Å². The molecule has 0 saturated heterocycles. The molecule has 0 bridgehead atoms. The lowest BCUT2D eigenvalue weighted by Crippen LogP contribution is -2.36. The summed E-state index contributed by atoms with van der Waals surface area (Å²) in [7, 11) is 0. The molecule has 0 saturated carbocycles. The lowest BCUT2D eigenvalue weighted by atomic mass is 10.1. The number of nitrogens with zero attached hydrogens (tertiary/aromatic N) is 4. The van der Waals surface area contributed by atoms with E-state index in [1.165, 1.54) is 11.3 Å². The van der Waals surface area contributed by atoms with Gasteiger partial charge >= 0.3 is 11.8 Å². The van der Waals surface area contributed by atoms with Gasteiger partial charge in [0.15, 0.2) is 10.7 Å². The van der Waals surface area contributed by atoms with Crippen molar-refractivity contribution in [3.63, 3.8) is 0 Å². The Balaban J connectivity index is 2.84. The van der Waals surface area contributed by atoms with Crippen molar-refractivity contribution in [3.8, 4) is 11.3 Å². The van der Waals surface area contributed by atoms with Gasteiger partial charge in [0.2, 0.25) is 0 Å². The van der Waals surface area contributed by atoms with E-state index in [1.807, 2.05) is 30.3 Å². The van der Waals surface area contributed by atoms with Crippen LogP contribution >= 0.6 is 11.3 Å². The molecule has 29 heavy (non-hydrogen) atoms. The van der Waals surface area contributed by atoms with E-state index in [0.29, 0.717) is 10.6 Å². The fourth-order valence-electron chi connectivity index (χ4n) is 3.04. The van der Waals surface area contributed by atoms with E-state index in [4.69, 9.17) is 22.9 Å². The molecule has 2 aromatic rings. The van der Waals surface area contributed by atoms with E-state index in [9.17, 15) is 4.79 Å². The van der Waals surface area contributed by atoms with E-state index < -0.39 is 5.97 Å². The van der Waals surface area contributed by atoms with Crippen LogP contribution in [-0.2, 0) is 9.53 Å². The molecule has 1 aromatic heterocycles. The SMILES string of the molecule is [C-]#[N+]C([N+]#[C-])=C(C(=O)OCC)c1sc(N(C(C)C)C(C)C)nc1-c1ccccc1. The molecular weight excluding hydrogens is 384 g/mol. The third kappa shape index (κ3) is 4.82. The highest BCUT2D eigenvalue weighted by Crippen LogP contribution is 2.40. The average Bonchev–Trinajstić information content (AvgIpc) is 3.10. The normalized spacial score (nSPS) is 10.4. The van der Waals surface area contributed by atoms with Crippen molar-refractivity contribution in [1.29, 1.82) is 0 Å². The molecule has 6 nitrogen and oxygen atoms in total. The Morgan fingerprint density at radius 1 is 1.14 bits per heavy atom. The fraction of sp³-hybridized carbons (Fsp3) is 0.364. The standard InChI is InChI=1S/C22H24N4O2S/c1-8-28-21(27)17(20(23-6)24-7)19-18(16-12-10-9-11-13-16)25-22(29-19)26(14(2)3)15(4)5/h9-15H,8H2,1-5H3. The van der Waals surface area contributed by atoms with E-state index in [-0.39, 0.29) is 30.1 Å². The zero-order valence-corrected chi connectivity index (χ0v) is 18.1. The number of hydrogen-bond donors (Lipinski definition) is 0. The minimum Gasteiger partial charge on any atom is -0.463 e. The summed E-state index contributed by atoms with van der Waals surface area (Å²) in [6, 6.07) is 9.85. The summed E-state index contributed by atoms with van der Waals surface area (Å²) in [5, 5.41) is 0.736. The molecule has 7 heteroatoms. The number of carbonyl (C=O) groups excluding carboxylic acids is 1. The Hall–Kier alpha value is -3.16. The second-order valence-corrected chi connectivity index (χ2v) is 7.76. The van der Waals surface area contributed by atoms with Crippen LogP contribution in [0.2, 0.25) is 0 Å². The van der Waals surface area contributed by atoms with Gasteiger partial charge in [0, 0.05) is 17.6 Å². The molecule has 0 spiro atoms. The first kappa shape index (κ1) is 22.1. The van der Waals surface area contributed by atoms with Crippen LogP contribution in [0.4, 0.5) is 5.13 Å². The molecular formula is C22H24N4O2S. The van der Waals surface area contributed by atoms with Gasteiger partial charge in [0.1, 0.15) is 13.1 Å². The van der Waals surface area contributed by atoms with Crippen molar-refractivity contribution in [2.45, 2.75) is 46.7 Å². The molecule has 0 aliphatic carbocycles. The molecule has 0 aliphatic heterocycles. The summed E-state index contributed by atoms with van der Waals surface area (Å²) in [4.78, 5) is 26.8. The van der Waals surface area contributed by atoms with Gasteiger partial charge in [-0.2, -0.15) is 9.69 Å². The smallest absolute Gasteiger partial charge is 0.463 e. The van der Waals surface area contributed by atoms with Gasteiger partial charge < -0.3 is 9.64 Å². The monoisotopic (exact) mass is 408 g/mol. The number of carbonyl (C=O) groups is 1. The summed E-state index contributed by atoms with van der Waals surface area (Å²) in [6.45, 7) is 24.9. The van der Waals surface area contributed by atoms with Gasteiger partial charge in [-0.1, -0.05) is 41.7 Å². The van der Waals surface area contributed by atoms with E-state index in [1.54, 1.807) is 6.92 Å². The fourth-order valence-corrected chi connectivity index (χ4v) is 4.43. The predicted octanol–water partition coefficient (Wildman–Crippen LogP) is 5.50. The lowest BCUT2D eigenvalue weighted by molar-refractivity contribution is -0.136. The van der Waals surface area contributed by atoms with Crippen molar-refractivity contribution in [1.82, 2.24) is 4.98 Å². The highest BCUT2D eigenvalue weighted by molar-refractivity contribution is 7.17. The van der Waals surface area contributed by atoms with Crippen LogP contribution in [0, 0.1) is 13.1 Å². The number of anilines is 1. The van der Waals surface area contributed by atoms with Crippen LogP contribution < -0.4 is 4.90 Å². The van der Waals surface area contributed by atoms with Crippen LogP contribution in [-0.4, -0.2) is 29.6 Å². The first-order valence-corrected chi connectivity index (χ1v) is 10.2. The average molecular weight is 409 g/mol. The maximum atomic E-state index is 12.7. The highest BCUT2D eigenvalue weighted by Gasteiger charge is 2.32. The van der Waals surface area contributed by atoms with Crippen molar-refractivity contribution < 1.29 is 9.53 Å². The molecule has 0 fully saturated rings. The van der Waals surface area contributed by atoms with Crippen LogP contribution in [0.3, 0.4) is 0 Å². The molecule has 0 unspecified atom stereocenters. The Morgan fingerprint density at radius 2 is 1.72 bits per heavy atom. The maximum Gasteiger partial charge on any atom is 0.535 e. The number of hydrogen-bond acceptors (Lipinski definition) is 5. The molecule has 1 heterocycles. The molecule has 2 rings (SSSR count). The van der Waals surface area contributed by atoms with E-state index in [2.05, 4.69) is 42.3 Å². The summed E-state index contributed by atoms with van der Waals surface area (Å²) in [5.74, 6) is -0.987. The Morgan fingerprint density at radius 3 is 2.21 bits per heavy atom. The first-order valence-electron chi connectivity index (χ1n) is 9.36. The lowest BCUT2D eigenvalue weighted by Gasteiger charge is -2.30. The second kappa shape index (κ2) is 9.86. The highest BCUT2D eigenvalue weighted by atomic mass is 32.1. The first-order chi connectivity index (χ1) is 13.8. The number of rotatable bonds is 7. The largest absolute Gasteiger partial charge is 0.535 e. The molecule has 0 N–H and O–H groups in total. The van der Waals surface area contributed by atoms with Crippen molar-refractivity contribution in [2.75, 3.05) is 11.5 Å². The molecule has 0 aliphatic rings. The van der Waals surface area contributed by atoms with Crippen LogP contribution in [0.1, 0.15) is 39.5 Å². The Kier molecular flexibility index (Phi) is 7.52. The summed E-state index contributed by atoms with van der Waals surface area (Å²) < 4.78 is 5.18. The third-order valence-electron chi connectivity index (χ3n) is 4.14. The zero-order valence-electron chi connectivity index (χ0n) is 17.3. The van der Waals surface area contributed by atoms with Gasteiger partial charge in [-0.25, -0.2) is 9.78 Å². The second-order valence-electron chi connectivity index (χ2n) is 6.78. The maximum absolute atomic E-state index is 12.7. The quantitative estimate of drug-likeness (QED) is 0.345. The van der Waals surface area contributed by atoms with E-state index in [0.717, 1.165) is 10.7 Å². The van der Waals surface area contributed by atoms with Gasteiger partial charge in [0.25, 0.3) is 0 Å². The van der Waals surface area contributed by atoms with Gasteiger partial charge in [-0.05, 0) is 34.6 Å². The van der Waals surface area contributed by atoms with Crippen molar-refractivity contribution in [3.05, 3.63) is 63.9 Å². The number of esters is 1. The Labute approximate surface area is 176 Å². The molecule has 1 aromatic carbocycles. The van der Waals surface area contributed by atoms with Crippen molar-refractivity contribution in [2.24, 2.45) is 0 Å². The minimum atomic E-state index is -0.678. The van der Waals surface area contributed by atoms with E-state index >= 15 is 0 Å². The molecule has 150 valence electrons. The summed E-state index contributed by atoms with van der Waals surface area (Å²) in [6.07, 6.45) is 0. The molecule has 0 amide bonds. The molecule has 0 radical (unpaired) electrons. The van der Waals surface area contributed by atoms with Gasteiger partial charge in [-0.3, -0.25) is 0 Å². The number of aromatic nitrogens is 1. The van der Waals surface area contributed by atoms with Crippen LogP contribution in [0.15, 0.2) is 36.2 Å². The third-order valence-corrected chi connectivity index (χ3v) is 5.22. The van der Waals surface area contributed by atoms with Gasteiger partial charge in [-0.15, -0.1) is 0 Å².